The zero-order valence-corrected chi connectivity index (χ0v) is 16.3. The fourth-order valence-corrected chi connectivity index (χ4v) is 3.07. The van der Waals surface area contributed by atoms with Gasteiger partial charge in [-0.3, -0.25) is 4.79 Å². The normalized spacial score (nSPS) is 14.4. The van der Waals surface area contributed by atoms with Gasteiger partial charge in [0.25, 0.3) is 5.91 Å². The summed E-state index contributed by atoms with van der Waals surface area (Å²) in [6, 6.07) is 11.8. The van der Waals surface area contributed by atoms with E-state index in [-0.39, 0.29) is 5.91 Å². The number of carbonyl (C=O) groups is 1. The molecule has 0 unspecified atom stereocenters. The predicted molar refractivity (Wildman–Crippen MR) is 109 cm³/mol. The van der Waals surface area contributed by atoms with Crippen LogP contribution in [0.4, 0.5) is 11.4 Å². The molecule has 1 aromatic carbocycles. The Kier molecular flexibility index (Phi) is 6.16. The average molecular weight is 368 g/mol. The maximum absolute atomic E-state index is 12.7. The summed E-state index contributed by atoms with van der Waals surface area (Å²) in [7, 11) is 1.67. The van der Waals surface area contributed by atoms with Crippen molar-refractivity contribution in [2.45, 2.75) is 13.8 Å². The van der Waals surface area contributed by atoms with Gasteiger partial charge in [-0.05, 0) is 42.3 Å². The Morgan fingerprint density at radius 2 is 1.81 bits per heavy atom. The summed E-state index contributed by atoms with van der Waals surface area (Å²) in [6.07, 6.45) is 1.74. The molecule has 0 spiro atoms. The lowest BCUT2D eigenvalue weighted by Gasteiger charge is -2.36. The van der Waals surface area contributed by atoms with Gasteiger partial charge in [0.05, 0.1) is 19.0 Å². The summed E-state index contributed by atoms with van der Waals surface area (Å²) in [6.45, 7) is 8.22. The lowest BCUT2D eigenvalue weighted by Crippen LogP contribution is -2.49. The van der Waals surface area contributed by atoms with Gasteiger partial charge in [0.1, 0.15) is 11.4 Å². The molecule has 0 bridgehead atoms. The summed E-state index contributed by atoms with van der Waals surface area (Å²) >= 11 is 0. The highest BCUT2D eigenvalue weighted by Crippen LogP contribution is 2.21. The van der Waals surface area contributed by atoms with Gasteiger partial charge in [0, 0.05) is 38.4 Å². The van der Waals surface area contributed by atoms with Gasteiger partial charge in [0.15, 0.2) is 0 Å². The van der Waals surface area contributed by atoms with Gasteiger partial charge in [0.2, 0.25) is 0 Å². The second-order valence-electron chi connectivity index (χ2n) is 7.18. The molecule has 1 amide bonds. The van der Waals surface area contributed by atoms with E-state index in [0.29, 0.717) is 24.7 Å². The number of carbonyl (C=O) groups excluding carboxylic acids is 1. The van der Waals surface area contributed by atoms with E-state index >= 15 is 0 Å². The van der Waals surface area contributed by atoms with Gasteiger partial charge in [-0.1, -0.05) is 13.8 Å². The highest BCUT2D eigenvalue weighted by molar-refractivity contribution is 5.92. The Morgan fingerprint density at radius 1 is 1.11 bits per heavy atom. The van der Waals surface area contributed by atoms with Crippen molar-refractivity contribution in [2.24, 2.45) is 5.92 Å². The minimum atomic E-state index is -0.000194. The molecule has 1 aliphatic rings. The van der Waals surface area contributed by atoms with Crippen LogP contribution in [0.15, 0.2) is 42.6 Å². The molecule has 0 radical (unpaired) electrons. The number of nitrogens with zero attached hydrogens (tertiary/aromatic N) is 3. The third kappa shape index (κ3) is 4.90. The quantitative estimate of drug-likeness (QED) is 0.849. The second-order valence-corrected chi connectivity index (χ2v) is 7.18. The third-order valence-electron chi connectivity index (χ3n) is 4.70. The molecule has 0 saturated carbocycles. The van der Waals surface area contributed by atoms with Crippen LogP contribution >= 0.6 is 0 Å². The fraction of sp³-hybridized carbons (Fsp3) is 0.429. The van der Waals surface area contributed by atoms with Crippen molar-refractivity contribution in [3.8, 4) is 5.75 Å². The smallest absolute Gasteiger partial charge is 0.272 e. The van der Waals surface area contributed by atoms with Crippen LogP contribution in [0.3, 0.4) is 0 Å². The van der Waals surface area contributed by atoms with Crippen LogP contribution in [0.25, 0.3) is 0 Å². The number of rotatable bonds is 6. The predicted octanol–water partition coefficient (Wildman–Crippen LogP) is 3.12. The van der Waals surface area contributed by atoms with E-state index < -0.39 is 0 Å². The molecule has 27 heavy (non-hydrogen) atoms. The average Bonchev–Trinajstić information content (AvgIpc) is 2.72. The number of piperazine rings is 1. The van der Waals surface area contributed by atoms with Crippen LogP contribution in [-0.4, -0.2) is 55.6 Å². The number of pyridine rings is 1. The molecule has 1 saturated heterocycles. The second kappa shape index (κ2) is 8.75. The van der Waals surface area contributed by atoms with E-state index in [1.165, 1.54) is 0 Å². The number of ether oxygens (including phenoxy) is 1. The van der Waals surface area contributed by atoms with Crippen LogP contribution in [0, 0.1) is 5.92 Å². The summed E-state index contributed by atoms with van der Waals surface area (Å²) in [5.41, 5.74) is 2.61. The molecule has 6 heteroatoms. The topological polar surface area (TPSA) is 57.7 Å². The van der Waals surface area contributed by atoms with Crippen LogP contribution in [0.5, 0.6) is 5.75 Å². The number of amides is 1. The Bertz CT molecular complexity index is 736. The number of anilines is 2. The molecule has 2 aromatic rings. The Labute approximate surface area is 161 Å². The SMILES string of the molecule is COc1ccc(N2CCN(C(=O)c3ccc(NCC(C)C)cn3)CC2)cc1. The number of nitrogens with one attached hydrogen (secondary N) is 1. The summed E-state index contributed by atoms with van der Waals surface area (Å²) < 4.78 is 5.21. The van der Waals surface area contributed by atoms with E-state index in [2.05, 4.69) is 41.2 Å². The molecule has 1 N–H and O–H groups in total. The van der Waals surface area contributed by atoms with Crippen molar-refractivity contribution >= 4 is 17.3 Å². The number of methoxy groups -OCH3 is 1. The molecule has 0 aliphatic carbocycles. The van der Waals surface area contributed by atoms with Gasteiger partial charge in [-0.25, -0.2) is 4.98 Å². The van der Waals surface area contributed by atoms with E-state index in [4.69, 9.17) is 4.74 Å². The van der Waals surface area contributed by atoms with E-state index in [9.17, 15) is 4.79 Å². The molecular formula is C21H28N4O2. The first kappa shape index (κ1) is 19.0. The summed E-state index contributed by atoms with van der Waals surface area (Å²) in [5, 5.41) is 3.32. The standard InChI is InChI=1S/C21H28N4O2/c1-16(2)14-22-17-4-9-20(23-15-17)21(26)25-12-10-24(11-13-25)18-5-7-19(27-3)8-6-18/h4-9,15-16,22H,10-14H2,1-3H3. The highest BCUT2D eigenvalue weighted by Gasteiger charge is 2.23. The highest BCUT2D eigenvalue weighted by atomic mass is 16.5. The first-order valence-electron chi connectivity index (χ1n) is 9.45. The van der Waals surface area contributed by atoms with Crippen molar-refractivity contribution in [3.63, 3.8) is 0 Å². The molecule has 3 rings (SSSR count). The molecule has 1 fully saturated rings. The molecule has 1 aromatic heterocycles. The number of aromatic nitrogens is 1. The van der Waals surface area contributed by atoms with E-state index in [1.807, 2.05) is 23.1 Å². The first-order chi connectivity index (χ1) is 13.1. The monoisotopic (exact) mass is 368 g/mol. The Hall–Kier alpha value is -2.76. The molecule has 0 atom stereocenters. The van der Waals surface area contributed by atoms with Crippen molar-refractivity contribution in [1.29, 1.82) is 0 Å². The van der Waals surface area contributed by atoms with Crippen molar-refractivity contribution in [2.75, 3.05) is 50.1 Å². The lowest BCUT2D eigenvalue weighted by molar-refractivity contribution is 0.0741. The van der Waals surface area contributed by atoms with Crippen molar-refractivity contribution in [1.82, 2.24) is 9.88 Å². The maximum atomic E-state index is 12.7. The van der Waals surface area contributed by atoms with Gasteiger partial charge >= 0.3 is 0 Å². The van der Waals surface area contributed by atoms with Gasteiger partial charge in [-0.2, -0.15) is 0 Å². The van der Waals surface area contributed by atoms with Gasteiger partial charge < -0.3 is 19.9 Å². The maximum Gasteiger partial charge on any atom is 0.272 e. The van der Waals surface area contributed by atoms with E-state index in [0.717, 1.165) is 36.8 Å². The largest absolute Gasteiger partial charge is 0.497 e. The zero-order chi connectivity index (χ0) is 19.2. The van der Waals surface area contributed by atoms with Crippen LogP contribution in [0.1, 0.15) is 24.3 Å². The zero-order valence-electron chi connectivity index (χ0n) is 16.3. The van der Waals surface area contributed by atoms with Crippen LogP contribution < -0.4 is 15.0 Å². The van der Waals surface area contributed by atoms with Crippen LogP contribution in [0.2, 0.25) is 0 Å². The summed E-state index contributed by atoms with van der Waals surface area (Å²) in [4.78, 5) is 21.2. The third-order valence-corrected chi connectivity index (χ3v) is 4.70. The minimum Gasteiger partial charge on any atom is -0.497 e. The van der Waals surface area contributed by atoms with Crippen molar-refractivity contribution in [3.05, 3.63) is 48.3 Å². The molecule has 1 aliphatic heterocycles. The molecule has 2 heterocycles. The molecule has 144 valence electrons. The lowest BCUT2D eigenvalue weighted by atomic mass is 10.2. The fourth-order valence-electron chi connectivity index (χ4n) is 3.07. The minimum absolute atomic E-state index is 0.000194. The Morgan fingerprint density at radius 3 is 2.37 bits per heavy atom. The van der Waals surface area contributed by atoms with Gasteiger partial charge in [-0.15, -0.1) is 0 Å². The molecular weight excluding hydrogens is 340 g/mol. The van der Waals surface area contributed by atoms with Crippen LogP contribution in [-0.2, 0) is 0 Å². The first-order valence-corrected chi connectivity index (χ1v) is 9.45. The number of hydrogen-bond donors (Lipinski definition) is 1. The van der Waals surface area contributed by atoms with E-state index in [1.54, 1.807) is 19.4 Å². The Balaban J connectivity index is 1.54. The number of benzene rings is 1. The summed E-state index contributed by atoms with van der Waals surface area (Å²) in [5.74, 6) is 1.41. The molecule has 6 nitrogen and oxygen atoms in total. The number of hydrogen-bond acceptors (Lipinski definition) is 5. The van der Waals surface area contributed by atoms with Crippen molar-refractivity contribution < 1.29 is 9.53 Å².